The van der Waals surface area contributed by atoms with Gasteiger partial charge in [-0.25, -0.2) is 0 Å². The molecule has 0 fully saturated rings. The first-order chi connectivity index (χ1) is 12.1. The van der Waals surface area contributed by atoms with Crippen LogP contribution in [0.25, 0.3) is 0 Å². The highest BCUT2D eigenvalue weighted by molar-refractivity contribution is 6.30. The Kier molecular flexibility index (Phi) is 5.24. The van der Waals surface area contributed by atoms with Gasteiger partial charge in [0.25, 0.3) is 5.91 Å². The Morgan fingerprint density at radius 1 is 1.24 bits per heavy atom. The number of amides is 2. The van der Waals surface area contributed by atoms with E-state index < -0.39 is 0 Å². The number of carbonyl (C=O) groups is 2. The minimum absolute atomic E-state index is 0.0705. The molecule has 0 saturated carbocycles. The molecule has 25 heavy (non-hydrogen) atoms. The number of fused-ring (bicyclic) bond motifs is 1. The van der Waals surface area contributed by atoms with Crippen molar-refractivity contribution in [3.63, 3.8) is 0 Å². The van der Waals surface area contributed by atoms with Crippen molar-refractivity contribution in [3.05, 3.63) is 58.6 Å². The lowest BCUT2D eigenvalue weighted by Crippen LogP contribution is -2.42. The van der Waals surface area contributed by atoms with Crippen LogP contribution < -0.4 is 15.0 Å². The van der Waals surface area contributed by atoms with Crippen molar-refractivity contribution >= 4 is 29.1 Å². The summed E-state index contributed by atoms with van der Waals surface area (Å²) < 4.78 is 5.18. The van der Waals surface area contributed by atoms with E-state index in [9.17, 15) is 9.59 Å². The molecule has 5 nitrogen and oxygen atoms in total. The van der Waals surface area contributed by atoms with Gasteiger partial charge in [-0.3, -0.25) is 9.59 Å². The van der Waals surface area contributed by atoms with E-state index in [4.69, 9.17) is 16.3 Å². The number of rotatable bonds is 4. The molecule has 3 rings (SSSR count). The first kappa shape index (κ1) is 17.3. The number of hydrogen-bond donors (Lipinski definition) is 1. The summed E-state index contributed by atoms with van der Waals surface area (Å²) in [5.74, 6) is -0.124. The summed E-state index contributed by atoms with van der Waals surface area (Å²) in [5.41, 5.74) is 2.43. The van der Waals surface area contributed by atoms with Gasteiger partial charge in [0.1, 0.15) is 5.75 Å². The second-order valence-electron chi connectivity index (χ2n) is 5.80. The third-order valence-corrected chi connectivity index (χ3v) is 4.45. The van der Waals surface area contributed by atoms with Crippen molar-refractivity contribution in [1.82, 2.24) is 5.32 Å². The van der Waals surface area contributed by atoms with Crippen molar-refractivity contribution < 1.29 is 14.3 Å². The van der Waals surface area contributed by atoms with E-state index in [1.807, 2.05) is 24.3 Å². The zero-order chi connectivity index (χ0) is 17.8. The molecule has 130 valence electrons. The van der Waals surface area contributed by atoms with Gasteiger partial charge in [0.05, 0.1) is 19.2 Å². The average molecular weight is 359 g/mol. The molecule has 0 spiro atoms. The lowest BCUT2D eigenvalue weighted by Gasteiger charge is -2.29. The summed E-state index contributed by atoms with van der Waals surface area (Å²) in [6.45, 7) is 0.592. The molecular weight excluding hydrogens is 340 g/mol. The van der Waals surface area contributed by atoms with Crippen molar-refractivity contribution in [2.24, 2.45) is 0 Å². The van der Waals surface area contributed by atoms with Crippen LogP contribution >= 0.6 is 11.6 Å². The maximum absolute atomic E-state index is 12.6. The quantitative estimate of drug-likeness (QED) is 0.913. The maximum Gasteiger partial charge on any atom is 0.255 e. The Labute approximate surface area is 151 Å². The maximum atomic E-state index is 12.6. The predicted molar refractivity (Wildman–Crippen MR) is 97.5 cm³/mol. The fourth-order valence-corrected chi connectivity index (χ4v) is 3.15. The van der Waals surface area contributed by atoms with Crippen molar-refractivity contribution in [3.8, 4) is 5.75 Å². The van der Waals surface area contributed by atoms with Gasteiger partial charge in [-0.1, -0.05) is 29.8 Å². The van der Waals surface area contributed by atoms with Crippen molar-refractivity contribution in [2.45, 2.75) is 12.8 Å². The summed E-state index contributed by atoms with van der Waals surface area (Å²) >= 11 is 5.90. The molecule has 1 N–H and O–H groups in total. The predicted octanol–water partition coefficient (Wildman–Crippen LogP) is 3.06. The number of nitrogens with one attached hydrogen (secondary N) is 1. The zero-order valence-corrected chi connectivity index (χ0v) is 14.7. The Balaban J connectivity index is 1.68. The molecule has 0 atom stereocenters. The van der Waals surface area contributed by atoms with Crippen LogP contribution in [0, 0.1) is 0 Å². The van der Waals surface area contributed by atoms with Crippen LogP contribution in [0.1, 0.15) is 22.3 Å². The third-order valence-electron chi connectivity index (χ3n) is 4.22. The number of halogens is 1. The minimum atomic E-state index is -0.368. The molecule has 0 bridgehead atoms. The van der Waals surface area contributed by atoms with Crippen LogP contribution in [0.15, 0.2) is 42.5 Å². The standard InChI is InChI=1S/C19H19ClN2O3/c1-25-17-11-14(20)8-9-15(17)19(24)21-12-18(23)22-10-4-6-13-5-2-3-7-16(13)22/h2-3,5,7-9,11H,4,6,10,12H2,1H3,(H,21,24). The van der Waals surface area contributed by atoms with Crippen LogP contribution in [-0.4, -0.2) is 32.0 Å². The molecule has 1 aliphatic heterocycles. The van der Waals surface area contributed by atoms with Crippen molar-refractivity contribution in [1.29, 1.82) is 0 Å². The van der Waals surface area contributed by atoms with Gasteiger partial charge >= 0.3 is 0 Å². The number of hydrogen-bond acceptors (Lipinski definition) is 3. The third kappa shape index (κ3) is 3.77. The summed E-state index contributed by atoms with van der Waals surface area (Å²) in [7, 11) is 1.47. The molecule has 0 aromatic heterocycles. The van der Waals surface area contributed by atoms with Crippen LogP contribution in [0.2, 0.25) is 5.02 Å². The van der Waals surface area contributed by atoms with Gasteiger partial charge in [0, 0.05) is 17.3 Å². The van der Waals surface area contributed by atoms with Crippen LogP contribution in [0.5, 0.6) is 5.75 Å². The number of benzene rings is 2. The highest BCUT2D eigenvalue weighted by Gasteiger charge is 2.23. The van der Waals surface area contributed by atoms with Gasteiger partial charge < -0.3 is 15.0 Å². The SMILES string of the molecule is COc1cc(Cl)ccc1C(=O)NCC(=O)N1CCCc2ccccc21. The van der Waals surface area contributed by atoms with E-state index in [1.54, 1.807) is 23.1 Å². The second-order valence-corrected chi connectivity index (χ2v) is 6.24. The summed E-state index contributed by atoms with van der Waals surface area (Å²) in [4.78, 5) is 26.7. The Morgan fingerprint density at radius 2 is 2.04 bits per heavy atom. The summed E-state index contributed by atoms with van der Waals surface area (Å²) in [6, 6.07) is 12.6. The van der Waals surface area contributed by atoms with Gasteiger partial charge in [-0.2, -0.15) is 0 Å². The number of anilines is 1. The summed E-state index contributed by atoms with van der Waals surface area (Å²) in [5, 5.41) is 3.15. The largest absolute Gasteiger partial charge is 0.496 e. The Morgan fingerprint density at radius 3 is 2.84 bits per heavy atom. The molecule has 1 heterocycles. The molecular formula is C19H19ClN2O3. The molecule has 0 saturated heterocycles. The van der Waals surface area contributed by atoms with Crippen molar-refractivity contribution in [2.75, 3.05) is 25.1 Å². The minimum Gasteiger partial charge on any atom is -0.496 e. The number of aryl methyl sites for hydroxylation is 1. The van der Waals surface area contributed by atoms with E-state index in [-0.39, 0.29) is 18.4 Å². The number of methoxy groups -OCH3 is 1. The molecule has 0 unspecified atom stereocenters. The number of ether oxygens (including phenoxy) is 1. The Hall–Kier alpha value is -2.53. The first-order valence-electron chi connectivity index (χ1n) is 8.10. The summed E-state index contributed by atoms with van der Waals surface area (Å²) in [6.07, 6.45) is 1.88. The fourth-order valence-electron chi connectivity index (χ4n) is 2.99. The highest BCUT2D eigenvalue weighted by atomic mass is 35.5. The lowest BCUT2D eigenvalue weighted by molar-refractivity contribution is -0.117. The molecule has 2 aromatic rings. The second kappa shape index (κ2) is 7.57. The fraction of sp³-hybridized carbons (Fsp3) is 0.263. The normalized spacial score (nSPS) is 13.1. The van der Waals surface area contributed by atoms with Gasteiger partial charge in [-0.15, -0.1) is 0 Å². The van der Waals surface area contributed by atoms with E-state index in [1.165, 1.54) is 7.11 Å². The molecule has 2 aromatic carbocycles. The van der Waals surface area contributed by atoms with E-state index in [2.05, 4.69) is 5.32 Å². The molecule has 6 heteroatoms. The first-order valence-corrected chi connectivity index (χ1v) is 8.48. The molecule has 0 aliphatic carbocycles. The topological polar surface area (TPSA) is 58.6 Å². The van der Waals surface area contributed by atoms with Gasteiger partial charge in [0.2, 0.25) is 5.91 Å². The molecule has 2 amide bonds. The smallest absolute Gasteiger partial charge is 0.255 e. The Bertz CT molecular complexity index is 807. The van der Waals surface area contributed by atoms with E-state index in [0.717, 1.165) is 24.1 Å². The lowest BCUT2D eigenvalue weighted by atomic mass is 10.0. The van der Waals surface area contributed by atoms with Crippen LogP contribution in [-0.2, 0) is 11.2 Å². The van der Waals surface area contributed by atoms with E-state index >= 15 is 0 Å². The monoisotopic (exact) mass is 358 g/mol. The van der Waals surface area contributed by atoms with Gasteiger partial charge in [-0.05, 0) is 42.7 Å². The van der Waals surface area contributed by atoms with Crippen LogP contribution in [0.3, 0.4) is 0 Å². The van der Waals surface area contributed by atoms with E-state index in [0.29, 0.717) is 22.9 Å². The zero-order valence-electron chi connectivity index (χ0n) is 13.9. The van der Waals surface area contributed by atoms with Gasteiger partial charge in [0.15, 0.2) is 0 Å². The highest BCUT2D eigenvalue weighted by Crippen LogP contribution is 2.26. The number of para-hydroxylation sites is 1. The number of carbonyl (C=O) groups excluding carboxylic acids is 2. The number of nitrogens with zero attached hydrogens (tertiary/aromatic N) is 1. The average Bonchev–Trinajstić information content (AvgIpc) is 2.65. The van der Waals surface area contributed by atoms with Crippen LogP contribution in [0.4, 0.5) is 5.69 Å². The molecule has 0 radical (unpaired) electrons. The molecule has 1 aliphatic rings.